The molecule has 1 N–H and O–H groups in total. The van der Waals surface area contributed by atoms with E-state index in [9.17, 15) is 0 Å². The molecular weight excluding hydrogens is 232 g/mol. The number of hydrogen-bond donors (Lipinski definition) is 1. The predicted molar refractivity (Wildman–Crippen MR) is 77.6 cm³/mol. The Kier molecular flexibility index (Phi) is 4.33. The van der Waals surface area contributed by atoms with Crippen LogP contribution in [0.5, 0.6) is 0 Å². The second kappa shape index (κ2) is 6.17. The molecule has 2 aromatic carbocycles. The molecular formula is C17H18N2. The highest BCUT2D eigenvalue weighted by atomic mass is 14.9. The first-order valence-electron chi connectivity index (χ1n) is 6.48. The van der Waals surface area contributed by atoms with Crippen LogP contribution in [0, 0.1) is 18.3 Å². The summed E-state index contributed by atoms with van der Waals surface area (Å²) in [7, 11) is 0. The maximum absolute atomic E-state index is 8.92. The second-order valence-electron chi connectivity index (χ2n) is 4.77. The van der Waals surface area contributed by atoms with Crippen molar-refractivity contribution in [2.75, 3.05) is 0 Å². The van der Waals surface area contributed by atoms with E-state index in [4.69, 9.17) is 5.26 Å². The van der Waals surface area contributed by atoms with Gasteiger partial charge in [0.05, 0.1) is 11.6 Å². The van der Waals surface area contributed by atoms with Gasteiger partial charge in [0.15, 0.2) is 0 Å². The van der Waals surface area contributed by atoms with E-state index >= 15 is 0 Å². The van der Waals surface area contributed by atoms with Crippen LogP contribution in [0.4, 0.5) is 0 Å². The van der Waals surface area contributed by atoms with E-state index in [2.05, 4.69) is 55.6 Å². The lowest BCUT2D eigenvalue weighted by Gasteiger charge is -2.15. The van der Waals surface area contributed by atoms with Crippen LogP contribution in [0.2, 0.25) is 0 Å². The Morgan fingerprint density at radius 2 is 1.95 bits per heavy atom. The smallest absolute Gasteiger partial charge is 0.0991 e. The van der Waals surface area contributed by atoms with Crippen LogP contribution < -0.4 is 5.32 Å². The number of aryl methyl sites for hydroxylation is 1. The van der Waals surface area contributed by atoms with E-state index in [0.29, 0.717) is 5.56 Å². The Labute approximate surface area is 114 Å². The van der Waals surface area contributed by atoms with Crippen molar-refractivity contribution in [3.63, 3.8) is 0 Å². The number of nitrogens with zero attached hydrogens (tertiary/aromatic N) is 1. The number of nitrogens with one attached hydrogen (secondary N) is 1. The monoisotopic (exact) mass is 250 g/mol. The molecule has 2 heteroatoms. The zero-order valence-electron chi connectivity index (χ0n) is 11.4. The van der Waals surface area contributed by atoms with Crippen LogP contribution in [0.1, 0.15) is 35.2 Å². The highest BCUT2D eigenvalue weighted by molar-refractivity contribution is 5.34. The maximum Gasteiger partial charge on any atom is 0.0991 e. The fourth-order valence-corrected chi connectivity index (χ4v) is 2.07. The van der Waals surface area contributed by atoms with Crippen LogP contribution in [-0.2, 0) is 6.54 Å². The Hall–Kier alpha value is -2.11. The molecule has 2 rings (SSSR count). The highest BCUT2D eigenvalue weighted by Crippen LogP contribution is 2.15. The van der Waals surface area contributed by atoms with Gasteiger partial charge in [-0.1, -0.05) is 36.4 Å². The van der Waals surface area contributed by atoms with Gasteiger partial charge in [-0.25, -0.2) is 0 Å². The zero-order valence-corrected chi connectivity index (χ0v) is 11.4. The van der Waals surface area contributed by atoms with Gasteiger partial charge in [0.1, 0.15) is 0 Å². The van der Waals surface area contributed by atoms with Crippen molar-refractivity contribution < 1.29 is 0 Å². The molecule has 2 aromatic rings. The van der Waals surface area contributed by atoms with Crippen molar-refractivity contribution in [2.45, 2.75) is 26.4 Å². The summed E-state index contributed by atoms with van der Waals surface area (Å²) < 4.78 is 0. The van der Waals surface area contributed by atoms with E-state index < -0.39 is 0 Å². The first kappa shape index (κ1) is 13.3. The third kappa shape index (κ3) is 3.43. The molecule has 0 aromatic heterocycles. The average Bonchev–Trinajstić information content (AvgIpc) is 2.46. The topological polar surface area (TPSA) is 35.8 Å². The highest BCUT2D eigenvalue weighted by Gasteiger charge is 2.06. The molecule has 19 heavy (non-hydrogen) atoms. The van der Waals surface area contributed by atoms with Gasteiger partial charge >= 0.3 is 0 Å². The lowest BCUT2D eigenvalue weighted by Crippen LogP contribution is -2.18. The van der Waals surface area contributed by atoms with Gasteiger partial charge in [0.2, 0.25) is 0 Å². The molecule has 0 fully saturated rings. The van der Waals surface area contributed by atoms with Gasteiger partial charge in [-0.2, -0.15) is 5.26 Å². The molecule has 1 unspecified atom stereocenters. The molecule has 0 aliphatic rings. The summed E-state index contributed by atoms with van der Waals surface area (Å²) in [6, 6.07) is 18.5. The standard InChI is InChI=1S/C17H18N2/c1-13-6-3-4-8-17(13)12-19-14(2)16-9-5-7-15(10-16)11-18/h3-10,14,19H,12H2,1-2H3. The van der Waals surface area contributed by atoms with Crippen molar-refractivity contribution in [1.29, 1.82) is 5.26 Å². The molecule has 2 nitrogen and oxygen atoms in total. The minimum Gasteiger partial charge on any atom is -0.306 e. The summed E-state index contributed by atoms with van der Waals surface area (Å²) in [4.78, 5) is 0. The molecule has 0 aliphatic carbocycles. The minimum atomic E-state index is 0.230. The van der Waals surface area contributed by atoms with Gasteiger partial charge in [-0.3, -0.25) is 0 Å². The van der Waals surface area contributed by atoms with Crippen molar-refractivity contribution >= 4 is 0 Å². The Morgan fingerprint density at radius 1 is 1.16 bits per heavy atom. The molecule has 0 aliphatic heterocycles. The quantitative estimate of drug-likeness (QED) is 0.897. The summed E-state index contributed by atoms with van der Waals surface area (Å²) in [6.45, 7) is 5.08. The summed E-state index contributed by atoms with van der Waals surface area (Å²) in [5.74, 6) is 0. The molecule has 1 atom stereocenters. The van der Waals surface area contributed by atoms with E-state index in [1.807, 2.05) is 18.2 Å². The molecule has 96 valence electrons. The zero-order chi connectivity index (χ0) is 13.7. The van der Waals surface area contributed by atoms with E-state index in [0.717, 1.165) is 12.1 Å². The third-order valence-corrected chi connectivity index (χ3v) is 3.38. The predicted octanol–water partition coefficient (Wildman–Crippen LogP) is 3.72. The van der Waals surface area contributed by atoms with E-state index in [1.54, 1.807) is 0 Å². The van der Waals surface area contributed by atoms with Crippen LogP contribution in [0.15, 0.2) is 48.5 Å². The number of nitriles is 1. The Bertz CT molecular complexity index is 596. The van der Waals surface area contributed by atoms with Gasteiger partial charge in [0.25, 0.3) is 0 Å². The molecule has 0 amide bonds. The summed E-state index contributed by atoms with van der Waals surface area (Å²) >= 11 is 0. The fraction of sp³-hybridized carbons (Fsp3) is 0.235. The lowest BCUT2D eigenvalue weighted by molar-refractivity contribution is 0.573. The summed E-state index contributed by atoms with van der Waals surface area (Å²) in [5, 5.41) is 12.4. The van der Waals surface area contributed by atoms with Crippen LogP contribution in [0.3, 0.4) is 0 Å². The largest absolute Gasteiger partial charge is 0.306 e. The normalized spacial score (nSPS) is 11.8. The molecule has 0 saturated carbocycles. The first-order valence-corrected chi connectivity index (χ1v) is 6.48. The van der Waals surface area contributed by atoms with Crippen molar-refractivity contribution in [3.05, 3.63) is 70.8 Å². The number of benzene rings is 2. The molecule has 0 spiro atoms. The first-order chi connectivity index (χ1) is 9.20. The molecule has 0 radical (unpaired) electrons. The lowest BCUT2D eigenvalue weighted by atomic mass is 10.0. The third-order valence-electron chi connectivity index (χ3n) is 3.38. The minimum absolute atomic E-state index is 0.230. The number of rotatable bonds is 4. The SMILES string of the molecule is Cc1ccccc1CNC(C)c1cccc(C#N)c1. The van der Waals surface area contributed by atoms with Gasteiger partial charge in [-0.15, -0.1) is 0 Å². The molecule has 0 heterocycles. The summed E-state index contributed by atoms with van der Waals surface area (Å²) in [6.07, 6.45) is 0. The van der Waals surface area contributed by atoms with Crippen molar-refractivity contribution in [2.24, 2.45) is 0 Å². The van der Waals surface area contributed by atoms with E-state index in [-0.39, 0.29) is 6.04 Å². The van der Waals surface area contributed by atoms with Gasteiger partial charge in [0, 0.05) is 12.6 Å². The Balaban J connectivity index is 2.03. The van der Waals surface area contributed by atoms with Gasteiger partial charge in [-0.05, 0) is 42.7 Å². The Morgan fingerprint density at radius 3 is 2.68 bits per heavy atom. The molecule has 0 saturated heterocycles. The van der Waals surface area contributed by atoms with Crippen molar-refractivity contribution in [1.82, 2.24) is 5.32 Å². The molecule has 0 bridgehead atoms. The maximum atomic E-state index is 8.92. The summed E-state index contributed by atoms with van der Waals surface area (Å²) in [5.41, 5.74) is 4.47. The van der Waals surface area contributed by atoms with Crippen molar-refractivity contribution in [3.8, 4) is 6.07 Å². The van der Waals surface area contributed by atoms with Crippen LogP contribution in [0.25, 0.3) is 0 Å². The number of hydrogen-bond acceptors (Lipinski definition) is 2. The fourth-order valence-electron chi connectivity index (χ4n) is 2.07. The average molecular weight is 250 g/mol. The van der Waals surface area contributed by atoms with Gasteiger partial charge < -0.3 is 5.32 Å². The van der Waals surface area contributed by atoms with E-state index in [1.165, 1.54) is 11.1 Å². The second-order valence-corrected chi connectivity index (χ2v) is 4.77. The van der Waals surface area contributed by atoms with Crippen LogP contribution in [-0.4, -0.2) is 0 Å². The van der Waals surface area contributed by atoms with Crippen LogP contribution >= 0.6 is 0 Å².